The number of amidine groups is 1. The Labute approximate surface area is 248 Å². The highest BCUT2D eigenvalue weighted by Gasteiger charge is 2.66. The predicted octanol–water partition coefficient (Wildman–Crippen LogP) is 4.33. The zero-order valence-electron chi connectivity index (χ0n) is 25.0. The first-order valence-corrected chi connectivity index (χ1v) is 14.8. The fourth-order valence-electron chi connectivity index (χ4n) is 4.57. The summed E-state index contributed by atoms with van der Waals surface area (Å²) in [6, 6.07) is 2.54. The molecule has 16 heteroatoms. The number of rotatable bonds is 4. The number of ether oxygens (including phenoxy) is 3. The number of nitro groups is 1. The van der Waals surface area contributed by atoms with Gasteiger partial charge in [0.1, 0.15) is 35.0 Å². The van der Waals surface area contributed by atoms with Crippen molar-refractivity contribution in [1.82, 2.24) is 9.80 Å². The largest absolute Gasteiger partial charge is 0.445 e. The van der Waals surface area contributed by atoms with E-state index in [1.165, 1.54) is 54.5 Å². The zero-order chi connectivity index (χ0) is 32.8. The lowest BCUT2D eigenvalue weighted by Crippen LogP contribution is -2.77. The monoisotopic (exact) mass is 626 g/mol. The lowest BCUT2D eigenvalue weighted by Gasteiger charge is -2.53. The number of nitro benzene ring substituents is 1. The topological polar surface area (TPSA) is 175 Å². The minimum Gasteiger partial charge on any atom is -0.445 e. The summed E-state index contributed by atoms with van der Waals surface area (Å²) in [4.78, 5) is 56.2. The molecule has 0 radical (unpaired) electrons. The number of hydrogen-bond acceptors (Lipinski definition) is 11. The maximum Gasteiger partial charge on any atom is 0.425 e. The molecule has 2 heterocycles. The van der Waals surface area contributed by atoms with Crippen molar-refractivity contribution in [2.24, 2.45) is 4.99 Å². The third kappa shape index (κ3) is 6.78. The Morgan fingerprint density at radius 2 is 1.67 bits per heavy atom. The molecule has 0 aromatic heterocycles. The van der Waals surface area contributed by atoms with E-state index in [0.29, 0.717) is 4.90 Å². The van der Waals surface area contributed by atoms with Crippen LogP contribution in [-0.4, -0.2) is 88.7 Å². The molecule has 14 nitrogen and oxygen atoms in total. The van der Waals surface area contributed by atoms with Gasteiger partial charge in [0.2, 0.25) is 0 Å². The minimum atomic E-state index is -4.52. The summed E-state index contributed by atoms with van der Waals surface area (Å²) in [6.07, 6.45) is -2.26. The molecule has 1 atom stereocenters. The van der Waals surface area contributed by atoms with Crippen LogP contribution in [0.1, 0.15) is 54.0 Å². The molecular weight excluding hydrogens is 591 g/mol. The lowest BCUT2D eigenvalue weighted by molar-refractivity contribution is -0.385. The first-order chi connectivity index (χ1) is 19.6. The number of benzene rings is 1. The number of hydrogen-bond donors (Lipinski definition) is 0. The third-order valence-electron chi connectivity index (χ3n) is 6.41. The number of carbonyl (C=O) groups is 3. The number of aliphatic imine (C=N–C) groups is 1. The van der Waals surface area contributed by atoms with E-state index in [2.05, 4.69) is 11.6 Å². The number of carbonyl (C=O) groups excluding carboxylic acids is 3. The molecule has 0 saturated carbocycles. The molecule has 236 valence electrons. The van der Waals surface area contributed by atoms with Crippen LogP contribution in [0.25, 0.3) is 0 Å². The molecular formula is C27H35FN4O10S. The summed E-state index contributed by atoms with van der Waals surface area (Å²) < 4.78 is 57.2. The number of nitrogens with zero attached hydrogens (tertiary/aromatic N) is 4. The van der Waals surface area contributed by atoms with Gasteiger partial charge in [0, 0.05) is 17.7 Å². The van der Waals surface area contributed by atoms with Crippen LogP contribution in [0.2, 0.25) is 0 Å². The van der Waals surface area contributed by atoms with Gasteiger partial charge in [-0.3, -0.25) is 15.1 Å². The van der Waals surface area contributed by atoms with Crippen molar-refractivity contribution < 1.29 is 46.3 Å². The number of amides is 3. The number of likely N-dealkylation sites (tertiary alicyclic amines) is 1. The molecule has 2 aliphatic heterocycles. The molecule has 2 aliphatic rings. The van der Waals surface area contributed by atoms with Crippen LogP contribution in [-0.2, 0) is 29.6 Å². The summed E-state index contributed by atoms with van der Waals surface area (Å²) >= 11 is 0. The average molecular weight is 627 g/mol. The summed E-state index contributed by atoms with van der Waals surface area (Å²) in [5, 5.41) is 11.5. The normalized spacial score (nSPS) is 20.7. The molecule has 0 N–H and O–H groups in total. The third-order valence-corrected chi connectivity index (χ3v) is 8.98. The van der Waals surface area contributed by atoms with Gasteiger partial charge in [0.15, 0.2) is 14.6 Å². The van der Waals surface area contributed by atoms with Crippen molar-refractivity contribution in [1.29, 1.82) is 0 Å². The number of halogens is 1. The van der Waals surface area contributed by atoms with E-state index in [-0.39, 0.29) is 6.61 Å². The first kappa shape index (κ1) is 33.4. The maximum atomic E-state index is 15.2. The van der Waals surface area contributed by atoms with Gasteiger partial charge in [-0.25, -0.2) is 27.2 Å². The van der Waals surface area contributed by atoms with E-state index < -0.39 is 96.3 Å². The van der Waals surface area contributed by atoms with Crippen molar-refractivity contribution in [3.05, 3.63) is 52.3 Å². The number of sulfone groups is 1. The summed E-state index contributed by atoms with van der Waals surface area (Å²) in [5.41, 5.74) is -5.42. The van der Waals surface area contributed by atoms with Gasteiger partial charge in [-0.2, -0.15) is 4.90 Å². The van der Waals surface area contributed by atoms with Crippen LogP contribution >= 0.6 is 0 Å². The van der Waals surface area contributed by atoms with Crippen LogP contribution in [0.5, 0.6) is 0 Å². The molecule has 1 spiro atoms. The van der Waals surface area contributed by atoms with Crippen molar-refractivity contribution in [2.45, 2.75) is 70.0 Å². The van der Waals surface area contributed by atoms with Gasteiger partial charge < -0.3 is 19.1 Å². The number of non-ortho nitro benzene ring substituents is 1. The van der Waals surface area contributed by atoms with Crippen LogP contribution in [0.4, 0.5) is 24.5 Å². The zero-order valence-corrected chi connectivity index (χ0v) is 25.8. The van der Waals surface area contributed by atoms with Gasteiger partial charge in [0.05, 0.1) is 23.8 Å². The second-order valence-corrected chi connectivity index (χ2v) is 14.7. The minimum absolute atomic E-state index is 0.165. The smallest absolute Gasteiger partial charge is 0.425 e. The number of imide groups is 1. The summed E-state index contributed by atoms with van der Waals surface area (Å²) in [7, 11) is -4.52. The molecule has 3 rings (SSSR count). The van der Waals surface area contributed by atoms with Crippen LogP contribution < -0.4 is 0 Å². The van der Waals surface area contributed by atoms with E-state index in [4.69, 9.17) is 14.2 Å². The van der Waals surface area contributed by atoms with E-state index in [1.54, 1.807) is 0 Å². The first-order valence-electron chi connectivity index (χ1n) is 13.1. The molecule has 3 amide bonds. The highest BCUT2D eigenvalue weighted by atomic mass is 32.2. The highest BCUT2D eigenvalue weighted by molar-refractivity contribution is 7.93. The van der Waals surface area contributed by atoms with Gasteiger partial charge >= 0.3 is 18.3 Å². The quantitative estimate of drug-likeness (QED) is 0.202. The van der Waals surface area contributed by atoms with E-state index in [1.807, 2.05) is 0 Å². The fraction of sp³-hybridized carbons (Fsp3) is 0.556. The molecule has 0 aliphatic carbocycles. The van der Waals surface area contributed by atoms with Gasteiger partial charge in [-0.15, -0.1) is 0 Å². The molecule has 1 aromatic rings. The maximum absolute atomic E-state index is 15.2. The Kier molecular flexibility index (Phi) is 8.71. The lowest BCUT2D eigenvalue weighted by atomic mass is 9.90. The van der Waals surface area contributed by atoms with E-state index in [9.17, 15) is 32.9 Å². The molecule has 1 fully saturated rings. The van der Waals surface area contributed by atoms with Crippen LogP contribution in [0.3, 0.4) is 0 Å². The van der Waals surface area contributed by atoms with Crippen LogP contribution in [0, 0.1) is 15.9 Å². The van der Waals surface area contributed by atoms with Gasteiger partial charge in [-0.05, 0) is 54.5 Å². The standard InChI is InChI=1S/C27H35FN4O10S/c1-9-12-40-21(33)30-14-27(15-30)20(31(22(34)41-24(2,3)4)23(35)42-25(5,6)7)29-26(8,16-43(27,38)39)18-13-17(32(36)37)10-11-19(18)28/h9-11,13H,1,12,14-16H2,2-8H3/t26-/m0/s1. The summed E-state index contributed by atoms with van der Waals surface area (Å²) in [5.74, 6) is -2.58. The Balaban J connectivity index is 2.32. The molecule has 1 saturated heterocycles. The van der Waals surface area contributed by atoms with Crippen LogP contribution in [0.15, 0.2) is 35.8 Å². The highest BCUT2D eigenvalue weighted by Crippen LogP contribution is 2.45. The Morgan fingerprint density at radius 1 is 1.14 bits per heavy atom. The SMILES string of the molecule is C=CCOC(=O)N1CC2(C1)C(N(C(=O)OC(C)(C)C)C(=O)OC(C)(C)C)=N[C@](C)(c1cc([N+](=O)[O-])ccc1F)CS2(=O)=O. The van der Waals surface area contributed by atoms with E-state index >= 15 is 4.39 Å². The molecule has 43 heavy (non-hydrogen) atoms. The Bertz CT molecular complexity index is 1460. The molecule has 0 bridgehead atoms. The van der Waals surface area contributed by atoms with Gasteiger partial charge in [0.25, 0.3) is 5.69 Å². The average Bonchev–Trinajstić information content (AvgIpc) is 2.78. The fourth-order valence-corrected chi connectivity index (χ4v) is 6.92. The predicted molar refractivity (Wildman–Crippen MR) is 152 cm³/mol. The van der Waals surface area contributed by atoms with Crippen molar-refractivity contribution >= 4 is 39.6 Å². The molecule has 0 unspecified atom stereocenters. The second kappa shape index (κ2) is 11.2. The summed E-state index contributed by atoms with van der Waals surface area (Å²) in [6.45, 7) is 12.4. The van der Waals surface area contributed by atoms with Gasteiger partial charge in [-0.1, -0.05) is 12.7 Å². The molecule has 1 aromatic carbocycles. The van der Waals surface area contributed by atoms with Crippen molar-refractivity contribution in [3.63, 3.8) is 0 Å². The Hall–Kier alpha value is -4.08. The Morgan fingerprint density at radius 3 is 2.14 bits per heavy atom. The van der Waals surface area contributed by atoms with Crippen molar-refractivity contribution in [2.75, 3.05) is 25.4 Å². The van der Waals surface area contributed by atoms with E-state index in [0.717, 1.165) is 23.1 Å². The van der Waals surface area contributed by atoms with Crippen molar-refractivity contribution in [3.8, 4) is 0 Å². The second-order valence-electron chi connectivity index (χ2n) is 12.4.